The van der Waals surface area contributed by atoms with E-state index in [1.807, 2.05) is 86.0 Å². The minimum absolute atomic E-state index is 0.160. The summed E-state index contributed by atoms with van der Waals surface area (Å²) in [5, 5.41) is 3.05. The van der Waals surface area contributed by atoms with Crippen LogP contribution in [0.2, 0.25) is 0 Å². The van der Waals surface area contributed by atoms with Gasteiger partial charge in [-0.2, -0.15) is 0 Å². The van der Waals surface area contributed by atoms with Crippen molar-refractivity contribution in [3.8, 4) is 5.75 Å². The first kappa shape index (κ1) is 22.0. The normalized spacial score (nSPS) is 17.6. The Morgan fingerprint density at radius 1 is 1.09 bits per heavy atom. The fraction of sp³-hybridized carbons (Fsp3) is 0.231. The molecule has 6 heteroatoms. The molecule has 0 fully saturated rings. The lowest BCUT2D eigenvalue weighted by Gasteiger charge is -2.44. The monoisotopic (exact) mass is 446 g/mol. The van der Waals surface area contributed by atoms with Crippen LogP contribution in [0.25, 0.3) is 0 Å². The second-order valence-corrected chi connectivity index (χ2v) is 8.86. The summed E-state index contributed by atoms with van der Waals surface area (Å²) >= 11 is 1.60. The molecule has 1 aliphatic heterocycles. The summed E-state index contributed by atoms with van der Waals surface area (Å²) in [4.78, 5) is 29.9. The number of ether oxygens (including phenoxy) is 1. The summed E-state index contributed by atoms with van der Waals surface area (Å²) in [6, 6.07) is 22.9. The number of thioether (sulfide) groups is 1. The molecule has 32 heavy (non-hydrogen) atoms. The van der Waals surface area contributed by atoms with Crippen LogP contribution in [0.4, 0.5) is 5.69 Å². The molecule has 0 aliphatic carbocycles. The molecule has 3 aromatic rings. The number of nitrogens with zero attached hydrogens (tertiary/aromatic N) is 1. The maximum atomic E-state index is 13.6. The smallest absolute Gasteiger partial charge is 0.259 e. The number of nitrogens with one attached hydrogen (secondary N) is 1. The van der Waals surface area contributed by atoms with E-state index in [2.05, 4.69) is 5.32 Å². The number of anilines is 1. The molecule has 1 heterocycles. The number of rotatable bonds is 6. The fourth-order valence-corrected chi connectivity index (χ4v) is 4.58. The van der Waals surface area contributed by atoms with E-state index in [9.17, 15) is 9.59 Å². The van der Waals surface area contributed by atoms with E-state index in [1.54, 1.807) is 23.8 Å². The second kappa shape index (κ2) is 9.09. The van der Waals surface area contributed by atoms with Gasteiger partial charge in [0, 0.05) is 29.1 Å². The zero-order valence-electron chi connectivity index (χ0n) is 18.4. The highest BCUT2D eigenvalue weighted by Gasteiger charge is 2.47. The largest absolute Gasteiger partial charge is 0.497 e. The molecule has 0 saturated heterocycles. The van der Waals surface area contributed by atoms with Gasteiger partial charge in [0.15, 0.2) is 0 Å². The summed E-state index contributed by atoms with van der Waals surface area (Å²) in [6.07, 6.45) is 2.43. The van der Waals surface area contributed by atoms with Crippen molar-refractivity contribution in [2.45, 2.75) is 30.3 Å². The predicted octanol–water partition coefficient (Wildman–Crippen LogP) is 4.70. The quantitative estimate of drug-likeness (QED) is 0.558. The zero-order chi connectivity index (χ0) is 22.7. The van der Waals surface area contributed by atoms with Crippen LogP contribution in [-0.2, 0) is 17.8 Å². The number of carbonyl (C=O) groups excluding carboxylic acids is 2. The van der Waals surface area contributed by atoms with Gasteiger partial charge < -0.3 is 10.1 Å². The minimum atomic E-state index is -1.06. The summed E-state index contributed by atoms with van der Waals surface area (Å²) < 4.78 is 5.20. The van der Waals surface area contributed by atoms with Crippen molar-refractivity contribution in [3.05, 3.63) is 89.5 Å². The Morgan fingerprint density at radius 3 is 2.56 bits per heavy atom. The van der Waals surface area contributed by atoms with Gasteiger partial charge in [0.25, 0.3) is 5.91 Å². The number of fused-ring (bicyclic) bond motifs is 1. The average molecular weight is 447 g/mol. The highest BCUT2D eigenvalue weighted by molar-refractivity contribution is 7.98. The van der Waals surface area contributed by atoms with Crippen LogP contribution >= 0.6 is 11.8 Å². The van der Waals surface area contributed by atoms with E-state index >= 15 is 0 Å². The molecule has 0 radical (unpaired) electrons. The highest BCUT2D eigenvalue weighted by atomic mass is 32.2. The SMILES string of the molecule is COc1ccc(CNC(=O)[C@@]2(C)Cc3ccccc3C(=O)N2c2cccc(SC)c2)cc1. The summed E-state index contributed by atoms with van der Waals surface area (Å²) in [6.45, 7) is 2.21. The maximum Gasteiger partial charge on any atom is 0.259 e. The van der Waals surface area contributed by atoms with Crippen molar-refractivity contribution in [2.75, 3.05) is 18.3 Å². The van der Waals surface area contributed by atoms with Gasteiger partial charge in [0.1, 0.15) is 11.3 Å². The van der Waals surface area contributed by atoms with Gasteiger partial charge in [-0.05, 0) is 60.7 Å². The lowest BCUT2D eigenvalue weighted by atomic mass is 9.82. The third-order valence-electron chi connectivity index (χ3n) is 5.89. The third kappa shape index (κ3) is 4.10. The van der Waals surface area contributed by atoms with Crippen LogP contribution in [0.15, 0.2) is 77.7 Å². The van der Waals surface area contributed by atoms with E-state index in [4.69, 9.17) is 4.74 Å². The molecule has 4 rings (SSSR count). The molecule has 1 N–H and O–H groups in total. The fourth-order valence-electron chi connectivity index (χ4n) is 4.13. The van der Waals surface area contributed by atoms with Crippen LogP contribution in [0.3, 0.4) is 0 Å². The van der Waals surface area contributed by atoms with Crippen molar-refractivity contribution >= 4 is 29.3 Å². The number of amides is 2. The molecule has 1 atom stereocenters. The molecule has 0 bridgehead atoms. The molecule has 0 spiro atoms. The molecule has 0 unspecified atom stereocenters. The predicted molar refractivity (Wildman–Crippen MR) is 128 cm³/mol. The van der Waals surface area contributed by atoms with E-state index in [0.29, 0.717) is 18.5 Å². The summed E-state index contributed by atoms with van der Waals surface area (Å²) in [5.74, 6) is 0.416. The van der Waals surface area contributed by atoms with Crippen LogP contribution < -0.4 is 15.0 Å². The Kier molecular flexibility index (Phi) is 6.24. The van der Waals surface area contributed by atoms with Crippen molar-refractivity contribution in [2.24, 2.45) is 0 Å². The number of hydrogen-bond acceptors (Lipinski definition) is 4. The topological polar surface area (TPSA) is 58.6 Å². The number of carbonyl (C=O) groups is 2. The number of hydrogen-bond donors (Lipinski definition) is 1. The van der Waals surface area contributed by atoms with Crippen LogP contribution in [-0.4, -0.2) is 30.7 Å². The molecule has 3 aromatic carbocycles. The molecular weight excluding hydrogens is 420 g/mol. The molecule has 1 aliphatic rings. The van der Waals surface area contributed by atoms with Crippen LogP contribution in [0.1, 0.15) is 28.4 Å². The Hall–Kier alpha value is -3.25. The van der Waals surface area contributed by atoms with Crippen LogP contribution in [0, 0.1) is 0 Å². The Bertz CT molecular complexity index is 1150. The van der Waals surface area contributed by atoms with Gasteiger partial charge in [-0.25, -0.2) is 0 Å². The molecule has 2 amide bonds. The highest BCUT2D eigenvalue weighted by Crippen LogP contribution is 2.36. The van der Waals surface area contributed by atoms with Crippen LogP contribution in [0.5, 0.6) is 5.75 Å². The first-order valence-electron chi connectivity index (χ1n) is 10.4. The van der Waals surface area contributed by atoms with Crippen molar-refractivity contribution in [1.82, 2.24) is 5.32 Å². The summed E-state index contributed by atoms with van der Waals surface area (Å²) in [5.41, 5.74) is 2.15. The first-order valence-corrected chi connectivity index (χ1v) is 11.7. The molecular formula is C26H26N2O3S. The van der Waals surface area contributed by atoms with E-state index < -0.39 is 5.54 Å². The van der Waals surface area contributed by atoms with Gasteiger partial charge in [-0.1, -0.05) is 36.4 Å². The van der Waals surface area contributed by atoms with Gasteiger partial charge in [-0.15, -0.1) is 11.8 Å². The molecule has 0 aromatic heterocycles. The number of methoxy groups -OCH3 is 1. The molecule has 0 saturated carbocycles. The molecule has 164 valence electrons. The third-order valence-corrected chi connectivity index (χ3v) is 6.62. The maximum absolute atomic E-state index is 13.6. The van der Waals surface area contributed by atoms with Gasteiger partial charge >= 0.3 is 0 Å². The Labute approximate surface area is 192 Å². The lowest BCUT2D eigenvalue weighted by Crippen LogP contribution is -2.63. The lowest BCUT2D eigenvalue weighted by molar-refractivity contribution is -0.126. The Balaban J connectivity index is 1.68. The average Bonchev–Trinajstić information content (AvgIpc) is 2.83. The number of benzene rings is 3. The Morgan fingerprint density at radius 2 is 1.84 bits per heavy atom. The van der Waals surface area contributed by atoms with E-state index in [0.717, 1.165) is 27.5 Å². The van der Waals surface area contributed by atoms with Crippen molar-refractivity contribution in [3.63, 3.8) is 0 Å². The van der Waals surface area contributed by atoms with E-state index in [-0.39, 0.29) is 11.8 Å². The van der Waals surface area contributed by atoms with Gasteiger partial charge in [-0.3, -0.25) is 14.5 Å². The van der Waals surface area contributed by atoms with Crippen molar-refractivity contribution in [1.29, 1.82) is 0 Å². The standard InChI is InChI=1S/C26H26N2O3S/c1-26(25(30)27-17-18-11-13-21(31-2)14-12-18)16-19-7-4-5-10-23(19)24(29)28(26)20-8-6-9-22(15-20)32-3/h4-15H,16-17H2,1-3H3,(H,27,30)/t26-/m1/s1. The zero-order valence-corrected chi connectivity index (χ0v) is 19.2. The van der Waals surface area contributed by atoms with Gasteiger partial charge in [0.05, 0.1) is 7.11 Å². The van der Waals surface area contributed by atoms with Gasteiger partial charge in [0.2, 0.25) is 5.91 Å². The van der Waals surface area contributed by atoms with Crippen molar-refractivity contribution < 1.29 is 14.3 Å². The minimum Gasteiger partial charge on any atom is -0.497 e. The van der Waals surface area contributed by atoms with E-state index in [1.165, 1.54) is 0 Å². The second-order valence-electron chi connectivity index (χ2n) is 7.98. The first-order chi connectivity index (χ1) is 15.5. The molecule has 5 nitrogen and oxygen atoms in total. The summed E-state index contributed by atoms with van der Waals surface area (Å²) in [7, 11) is 1.62.